The molecule has 0 saturated carbocycles. The summed E-state index contributed by atoms with van der Waals surface area (Å²) in [6.07, 6.45) is 0.589. The highest BCUT2D eigenvalue weighted by Gasteiger charge is 2.13. The molecule has 0 aromatic heterocycles. The van der Waals surface area contributed by atoms with Gasteiger partial charge < -0.3 is 19.9 Å². The van der Waals surface area contributed by atoms with Gasteiger partial charge in [0.25, 0.3) is 0 Å². The first-order valence-electron chi connectivity index (χ1n) is 9.80. The van der Waals surface area contributed by atoms with E-state index < -0.39 is 6.29 Å². The number of carbonyl (C=O) groups is 1. The molecule has 2 unspecified atom stereocenters. The molecule has 2 aromatic carbocycles. The summed E-state index contributed by atoms with van der Waals surface area (Å²) < 4.78 is 16.6. The van der Waals surface area contributed by atoms with Crippen molar-refractivity contribution in [2.24, 2.45) is 11.7 Å². The third kappa shape index (κ3) is 7.33. The fourth-order valence-corrected chi connectivity index (χ4v) is 3.01. The first-order valence-corrected chi connectivity index (χ1v) is 9.80. The highest BCUT2D eigenvalue weighted by atomic mass is 16.7. The Hall–Kier alpha value is -2.37. The van der Waals surface area contributed by atoms with Gasteiger partial charge in [-0.05, 0) is 61.6 Å². The Balaban J connectivity index is 1.77. The van der Waals surface area contributed by atoms with E-state index in [0.717, 1.165) is 12.2 Å². The van der Waals surface area contributed by atoms with Crippen LogP contribution in [0.2, 0.25) is 0 Å². The second kappa shape index (κ2) is 11.5. The zero-order valence-corrected chi connectivity index (χ0v) is 17.0. The van der Waals surface area contributed by atoms with Crippen molar-refractivity contribution in [3.63, 3.8) is 0 Å². The molecular formula is C23H31NO4. The Morgan fingerprint density at radius 2 is 1.75 bits per heavy atom. The Kier molecular flexibility index (Phi) is 8.98. The minimum absolute atomic E-state index is 0.172. The molecule has 0 saturated heterocycles. The number of esters is 1. The number of benzene rings is 2. The molecule has 0 aliphatic heterocycles. The van der Waals surface area contributed by atoms with Crippen LogP contribution in [0.4, 0.5) is 0 Å². The van der Waals surface area contributed by atoms with Crippen molar-refractivity contribution in [2.75, 3.05) is 19.8 Å². The van der Waals surface area contributed by atoms with E-state index >= 15 is 0 Å². The number of ether oxygens (including phenoxy) is 3. The monoisotopic (exact) mass is 385 g/mol. The van der Waals surface area contributed by atoms with Gasteiger partial charge in [-0.25, -0.2) is 4.79 Å². The summed E-state index contributed by atoms with van der Waals surface area (Å²) in [5.41, 5.74) is 7.65. The first-order chi connectivity index (χ1) is 13.5. The van der Waals surface area contributed by atoms with Crippen molar-refractivity contribution in [1.82, 2.24) is 0 Å². The van der Waals surface area contributed by atoms with Crippen molar-refractivity contribution in [3.05, 3.63) is 65.7 Å². The predicted octanol–water partition coefficient (Wildman–Crippen LogP) is 4.37. The number of hydrogen-bond acceptors (Lipinski definition) is 5. The van der Waals surface area contributed by atoms with Crippen LogP contribution in [0.15, 0.2) is 54.6 Å². The lowest BCUT2D eigenvalue weighted by Crippen LogP contribution is -2.20. The standard InChI is InChI=1S/C23H31NO4/c1-17(2)14-21(16-24)20-10-7-11-22(15-20)28-18(3)26-12-13-27-23(25)19-8-5-4-6-9-19/h4-11,15,17-18,21H,12-14,16,24H2,1-3H3. The Labute approximate surface area is 167 Å². The van der Waals surface area contributed by atoms with Gasteiger partial charge in [0.05, 0.1) is 12.2 Å². The van der Waals surface area contributed by atoms with E-state index in [1.807, 2.05) is 31.2 Å². The van der Waals surface area contributed by atoms with Gasteiger partial charge in [-0.1, -0.05) is 44.2 Å². The molecule has 0 heterocycles. The first kappa shape index (κ1) is 21.9. The van der Waals surface area contributed by atoms with Gasteiger partial charge in [0.1, 0.15) is 12.4 Å². The molecule has 5 nitrogen and oxygen atoms in total. The molecule has 0 aliphatic rings. The summed E-state index contributed by atoms with van der Waals surface area (Å²) in [6.45, 7) is 7.26. The molecule has 0 fully saturated rings. The molecule has 0 aliphatic carbocycles. The molecule has 0 amide bonds. The minimum atomic E-state index is -0.452. The van der Waals surface area contributed by atoms with Crippen molar-refractivity contribution in [2.45, 2.75) is 39.4 Å². The third-order valence-corrected chi connectivity index (χ3v) is 4.35. The van der Waals surface area contributed by atoms with E-state index in [4.69, 9.17) is 19.9 Å². The van der Waals surface area contributed by atoms with Crippen molar-refractivity contribution in [3.8, 4) is 5.75 Å². The van der Waals surface area contributed by atoms with Crippen molar-refractivity contribution in [1.29, 1.82) is 0 Å². The largest absolute Gasteiger partial charge is 0.465 e. The maximum absolute atomic E-state index is 11.9. The van der Waals surface area contributed by atoms with Crippen LogP contribution in [0.1, 0.15) is 49.0 Å². The summed E-state index contributed by atoms with van der Waals surface area (Å²) in [5.74, 6) is 1.29. The molecule has 28 heavy (non-hydrogen) atoms. The second-order valence-electron chi connectivity index (χ2n) is 7.19. The lowest BCUT2D eigenvalue weighted by Gasteiger charge is -2.20. The van der Waals surface area contributed by atoms with Gasteiger partial charge >= 0.3 is 5.97 Å². The Morgan fingerprint density at radius 3 is 2.43 bits per heavy atom. The maximum atomic E-state index is 11.9. The summed E-state index contributed by atoms with van der Waals surface area (Å²) >= 11 is 0. The lowest BCUT2D eigenvalue weighted by atomic mass is 9.90. The summed E-state index contributed by atoms with van der Waals surface area (Å²) in [4.78, 5) is 11.9. The van der Waals surface area contributed by atoms with E-state index in [-0.39, 0.29) is 19.2 Å². The number of rotatable bonds is 11. The SMILES string of the molecule is CC(C)CC(CN)c1cccc(OC(C)OCCOC(=O)c2ccccc2)c1. The smallest absolute Gasteiger partial charge is 0.338 e. The van der Waals surface area contributed by atoms with Crippen LogP contribution in [-0.2, 0) is 9.47 Å². The molecule has 5 heteroatoms. The van der Waals surface area contributed by atoms with Gasteiger partial charge in [-0.3, -0.25) is 0 Å². The fraction of sp³-hybridized carbons (Fsp3) is 0.435. The van der Waals surface area contributed by atoms with E-state index in [0.29, 0.717) is 23.9 Å². The van der Waals surface area contributed by atoms with Gasteiger partial charge in [0, 0.05) is 0 Å². The van der Waals surface area contributed by atoms with Crippen LogP contribution in [0.3, 0.4) is 0 Å². The maximum Gasteiger partial charge on any atom is 0.338 e. The second-order valence-corrected chi connectivity index (χ2v) is 7.19. The van der Waals surface area contributed by atoms with Gasteiger partial charge in [0.2, 0.25) is 0 Å². The Bertz CT molecular complexity index is 718. The van der Waals surface area contributed by atoms with Crippen molar-refractivity contribution >= 4 is 5.97 Å². The average molecular weight is 386 g/mol. The highest BCUT2D eigenvalue weighted by Crippen LogP contribution is 2.26. The predicted molar refractivity (Wildman–Crippen MR) is 110 cm³/mol. The topological polar surface area (TPSA) is 70.8 Å². The molecular weight excluding hydrogens is 354 g/mol. The normalized spacial score (nSPS) is 13.2. The molecule has 152 valence electrons. The molecule has 0 radical (unpaired) electrons. The van der Waals surface area contributed by atoms with Crippen LogP contribution in [0, 0.1) is 5.92 Å². The van der Waals surface area contributed by atoms with Gasteiger partial charge in [-0.2, -0.15) is 0 Å². The molecule has 0 spiro atoms. The summed E-state index contributed by atoms with van der Waals surface area (Å²) in [6, 6.07) is 16.9. The zero-order valence-electron chi connectivity index (χ0n) is 17.0. The van der Waals surface area contributed by atoms with Gasteiger partial charge in [0.15, 0.2) is 6.29 Å². The summed E-state index contributed by atoms with van der Waals surface area (Å²) in [5, 5.41) is 0. The van der Waals surface area contributed by atoms with Crippen LogP contribution < -0.4 is 10.5 Å². The summed E-state index contributed by atoms with van der Waals surface area (Å²) in [7, 11) is 0. The van der Waals surface area contributed by atoms with E-state index in [1.165, 1.54) is 5.56 Å². The number of carbonyl (C=O) groups excluding carboxylic acids is 1. The molecule has 2 N–H and O–H groups in total. The van der Waals surface area contributed by atoms with E-state index in [1.54, 1.807) is 24.3 Å². The quantitative estimate of drug-likeness (QED) is 0.353. The van der Waals surface area contributed by atoms with Crippen molar-refractivity contribution < 1.29 is 19.0 Å². The van der Waals surface area contributed by atoms with Crippen LogP contribution in [0.25, 0.3) is 0 Å². The van der Waals surface area contributed by atoms with E-state index in [2.05, 4.69) is 19.9 Å². The molecule has 2 rings (SSSR count). The molecule has 2 aromatic rings. The lowest BCUT2D eigenvalue weighted by molar-refractivity contribution is -0.0784. The van der Waals surface area contributed by atoms with Crippen LogP contribution in [0.5, 0.6) is 5.75 Å². The van der Waals surface area contributed by atoms with E-state index in [9.17, 15) is 4.79 Å². The molecule has 2 atom stereocenters. The minimum Gasteiger partial charge on any atom is -0.465 e. The van der Waals surface area contributed by atoms with Crippen LogP contribution >= 0.6 is 0 Å². The average Bonchev–Trinajstić information content (AvgIpc) is 2.70. The van der Waals surface area contributed by atoms with Gasteiger partial charge in [-0.15, -0.1) is 0 Å². The highest BCUT2D eigenvalue weighted by molar-refractivity contribution is 5.89. The fourth-order valence-electron chi connectivity index (χ4n) is 3.01. The third-order valence-electron chi connectivity index (χ3n) is 4.35. The number of hydrogen-bond donors (Lipinski definition) is 1. The number of nitrogens with two attached hydrogens (primary N) is 1. The Morgan fingerprint density at radius 1 is 1.00 bits per heavy atom. The molecule has 0 bridgehead atoms. The zero-order chi connectivity index (χ0) is 20.4. The van der Waals surface area contributed by atoms with Crippen LogP contribution in [-0.4, -0.2) is 32.0 Å².